The zero-order valence-electron chi connectivity index (χ0n) is 40.7. The first-order valence-corrected chi connectivity index (χ1v) is 24.7. The van der Waals surface area contributed by atoms with Gasteiger partial charge in [-0.1, -0.05) is 170 Å². The molecule has 0 aromatic heterocycles. The summed E-state index contributed by atoms with van der Waals surface area (Å²) in [6, 6.07) is 0. The molecule has 0 spiro atoms. The van der Waals surface area contributed by atoms with Gasteiger partial charge in [-0.15, -0.1) is 0 Å². The lowest BCUT2D eigenvalue weighted by molar-refractivity contribution is -0.870. The molecule has 0 rings (SSSR count). The van der Waals surface area contributed by atoms with Crippen LogP contribution < -0.4 is 5.11 Å². The Morgan fingerprint density at radius 2 is 0.921 bits per heavy atom. The van der Waals surface area contributed by atoms with E-state index >= 15 is 0 Å². The zero-order chi connectivity index (χ0) is 46.3. The molecule has 0 saturated heterocycles. The number of aliphatic carboxylic acids is 1. The van der Waals surface area contributed by atoms with Gasteiger partial charge in [0.15, 0.2) is 12.4 Å². The number of carboxylic acid groups (broad SMARTS) is 1. The molecule has 9 heteroatoms. The predicted molar refractivity (Wildman–Crippen MR) is 260 cm³/mol. The van der Waals surface area contributed by atoms with E-state index in [1.807, 2.05) is 27.2 Å². The summed E-state index contributed by atoms with van der Waals surface area (Å²) in [5.74, 6) is -2.38. The third-order valence-corrected chi connectivity index (χ3v) is 10.1. The fourth-order valence-corrected chi connectivity index (χ4v) is 6.31. The van der Waals surface area contributed by atoms with Crippen molar-refractivity contribution in [1.82, 2.24) is 0 Å². The summed E-state index contributed by atoms with van der Waals surface area (Å²) in [7, 11) is 5.88. The van der Waals surface area contributed by atoms with Gasteiger partial charge >= 0.3 is 11.9 Å². The van der Waals surface area contributed by atoms with Crippen LogP contribution in [0, 0.1) is 0 Å². The Kier molecular flexibility index (Phi) is 42.5. The van der Waals surface area contributed by atoms with Crippen molar-refractivity contribution >= 4 is 17.9 Å². The highest BCUT2D eigenvalue weighted by atomic mass is 16.7. The van der Waals surface area contributed by atoms with Crippen molar-refractivity contribution in [2.75, 3.05) is 47.5 Å². The Bertz CT molecular complexity index is 1300. The number of allylic oxidation sites excluding steroid dienone is 14. The zero-order valence-corrected chi connectivity index (χ0v) is 40.7. The number of likely N-dealkylation sites (N-methyl/N-ethyl adjacent to an activating group) is 1. The molecular weight excluding hydrogens is 791 g/mol. The molecule has 0 N–H and O–H groups in total. The molecule has 0 fully saturated rings. The molecule has 9 nitrogen and oxygen atoms in total. The minimum Gasteiger partial charge on any atom is -0.545 e. The quantitative estimate of drug-likeness (QED) is 0.0196. The van der Waals surface area contributed by atoms with Crippen molar-refractivity contribution in [3.8, 4) is 0 Å². The number of ether oxygens (including phenoxy) is 4. The number of nitrogens with zero attached hydrogens (tertiary/aromatic N) is 1. The van der Waals surface area contributed by atoms with E-state index in [4.69, 9.17) is 18.9 Å². The molecule has 0 radical (unpaired) electrons. The third kappa shape index (κ3) is 46.3. The minimum absolute atomic E-state index is 0.132. The van der Waals surface area contributed by atoms with E-state index in [1.165, 1.54) is 70.6 Å². The fraction of sp³-hybridized carbons (Fsp3) is 0.685. The highest BCUT2D eigenvalue weighted by molar-refractivity contribution is 5.70. The summed E-state index contributed by atoms with van der Waals surface area (Å²) in [5, 5.41) is 11.7. The summed E-state index contributed by atoms with van der Waals surface area (Å²) in [6.45, 7) is 4.53. The van der Waals surface area contributed by atoms with Crippen molar-refractivity contribution in [1.29, 1.82) is 0 Å². The number of rotatable bonds is 44. The normalized spacial score (nSPS) is 13.6. The lowest BCUT2D eigenvalue weighted by atomic mass is 10.1. The lowest BCUT2D eigenvalue weighted by Crippen LogP contribution is -2.44. The van der Waals surface area contributed by atoms with Crippen molar-refractivity contribution in [2.45, 2.75) is 193 Å². The highest BCUT2D eigenvalue weighted by Crippen LogP contribution is 2.13. The first kappa shape index (κ1) is 59.5. The fourth-order valence-electron chi connectivity index (χ4n) is 6.31. The number of unbranched alkanes of at least 4 members (excludes halogenated alkanes) is 15. The van der Waals surface area contributed by atoms with Crippen LogP contribution >= 0.6 is 0 Å². The average Bonchev–Trinajstić information content (AvgIpc) is 3.24. The van der Waals surface area contributed by atoms with Crippen LogP contribution in [-0.2, 0) is 33.3 Å². The molecule has 360 valence electrons. The summed E-state index contributed by atoms with van der Waals surface area (Å²) in [6.07, 6.45) is 54.8. The van der Waals surface area contributed by atoms with Crippen LogP contribution in [0.25, 0.3) is 0 Å². The number of carbonyl (C=O) groups excluding carboxylic acids is 3. The molecule has 0 aliphatic carbocycles. The maximum atomic E-state index is 12.8. The molecule has 0 amide bonds. The first-order valence-electron chi connectivity index (χ1n) is 24.7. The lowest BCUT2D eigenvalue weighted by Gasteiger charge is -2.26. The van der Waals surface area contributed by atoms with Gasteiger partial charge in [-0.05, 0) is 83.5 Å². The third-order valence-electron chi connectivity index (χ3n) is 10.1. The van der Waals surface area contributed by atoms with Crippen LogP contribution in [0.4, 0.5) is 0 Å². The molecule has 0 saturated carbocycles. The van der Waals surface area contributed by atoms with Crippen LogP contribution in [0.1, 0.15) is 181 Å². The maximum absolute atomic E-state index is 12.8. The Hall–Kier alpha value is -3.53. The van der Waals surface area contributed by atoms with E-state index in [0.717, 1.165) is 70.6 Å². The van der Waals surface area contributed by atoms with Gasteiger partial charge in [-0.25, -0.2) is 0 Å². The van der Waals surface area contributed by atoms with Gasteiger partial charge in [0.05, 0.1) is 40.3 Å². The molecular formula is C54H91NO8. The second-order valence-corrected chi connectivity index (χ2v) is 17.4. The molecule has 63 heavy (non-hydrogen) atoms. The Balaban J connectivity index is 4.45. The summed E-state index contributed by atoms with van der Waals surface area (Å²) in [5.41, 5.74) is 0. The van der Waals surface area contributed by atoms with Gasteiger partial charge in [-0.2, -0.15) is 0 Å². The van der Waals surface area contributed by atoms with E-state index in [9.17, 15) is 19.5 Å². The number of hydrogen-bond acceptors (Lipinski definition) is 8. The van der Waals surface area contributed by atoms with Gasteiger partial charge in [0.25, 0.3) is 0 Å². The molecule has 2 atom stereocenters. The maximum Gasteiger partial charge on any atom is 0.306 e. The smallest absolute Gasteiger partial charge is 0.306 e. The molecule has 0 aromatic carbocycles. The van der Waals surface area contributed by atoms with Crippen molar-refractivity contribution in [3.63, 3.8) is 0 Å². The number of carbonyl (C=O) groups is 3. The van der Waals surface area contributed by atoms with Gasteiger partial charge in [0.2, 0.25) is 0 Å². The molecule has 0 bridgehead atoms. The van der Waals surface area contributed by atoms with E-state index < -0.39 is 24.3 Å². The van der Waals surface area contributed by atoms with Crippen LogP contribution in [0.2, 0.25) is 0 Å². The Morgan fingerprint density at radius 1 is 0.492 bits per heavy atom. The van der Waals surface area contributed by atoms with Gasteiger partial charge in [-0.3, -0.25) is 9.59 Å². The molecule has 0 aliphatic heterocycles. The van der Waals surface area contributed by atoms with Gasteiger partial charge in [0, 0.05) is 12.8 Å². The Labute approximate surface area is 385 Å². The van der Waals surface area contributed by atoms with E-state index in [-0.39, 0.29) is 38.6 Å². The number of carboxylic acids is 1. The predicted octanol–water partition coefficient (Wildman–Crippen LogP) is 12.3. The molecule has 0 heterocycles. The van der Waals surface area contributed by atoms with Crippen molar-refractivity contribution in [2.24, 2.45) is 0 Å². The van der Waals surface area contributed by atoms with Gasteiger partial charge < -0.3 is 33.3 Å². The van der Waals surface area contributed by atoms with E-state index in [1.54, 1.807) is 0 Å². The van der Waals surface area contributed by atoms with Crippen molar-refractivity contribution in [3.05, 3.63) is 85.1 Å². The highest BCUT2D eigenvalue weighted by Gasteiger charge is 2.21. The number of esters is 2. The standard InChI is InChI=1S/C54H91NO8/c1-6-8-10-12-14-16-18-20-22-24-25-26-27-29-30-32-34-36-38-40-42-44-51(56)61-48-50(49-62-54(53(58)59)60-47-46-55(3,4)5)63-52(57)45-43-41-39-37-35-33-31-28-23-21-19-17-15-13-11-9-7-2/h9,11,15,17-18,20-21,23-25,31,33,37,39,50,54H,6-8,10,12-14,16,19,22,26-30,32,34-36,38,40-49H2,1-5H3/b11-9-,17-15-,20-18-,23-21-,25-24-,33-31-,39-37-. The van der Waals surface area contributed by atoms with Crippen LogP contribution in [0.3, 0.4) is 0 Å². The summed E-state index contributed by atoms with van der Waals surface area (Å²) >= 11 is 0. The SMILES string of the molecule is CC/C=C\C/C=C\C/C=C\C/C=C\C/C=C\CCCC(=O)OC(COC(=O)CCCCCCCCCCC/C=C\C/C=C\CCCCCCC)COC(OCC[N+](C)(C)C)C(=O)[O-]. The van der Waals surface area contributed by atoms with Crippen LogP contribution in [0.5, 0.6) is 0 Å². The molecule has 0 aliphatic rings. The monoisotopic (exact) mass is 882 g/mol. The van der Waals surface area contributed by atoms with E-state index in [0.29, 0.717) is 23.9 Å². The van der Waals surface area contributed by atoms with Crippen molar-refractivity contribution < 1.29 is 42.9 Å². The molecule has 2 unspecified atom stereocenters. The second-order valence-electron chi connectivity index (χ2n) is 17.4. The van der Waals surface area contributed by atoms with E-state index in [2.05, 4.69) is 92.8 Å². The second kappa shape index (κ2) is 45.1. The summed E-state index contributed by atoms with van der Waals surface area (Å²) < 4.78 is 22.5. The largest absolute Gasteiger partial charge is 0.545 e. The van der Waals surface area contributed by atoms with Crippen LogP contribution in [0.15, 0.2) is 85.1 Å². The summed E-state index contributed by atoms with van der Waals surface area (Å²) in [4.78, 5) is 37.1. The number of hydrogen-bond donors (Lipinski definition) is 0. The average molecular weight is 882 g/mol. The minimum atomic E-state index is -1.64. The first-order chi connectivity index (χ1) is 30.6. The molecule has 0 aromatic rings. The topological polar surface area (TPSA) is 111 Å². The Morgan fingerprint density at radius 3 is 1.40 bits per heavy atom. The van der Waals surface area contributed by atoms with Gasteiger partial charge in [0.1, 0.15) is 13.2 Å². The number of quaternary nitrogens is 1. The van der Waals surface area contributed by atoms with Crippen LogP contribution in [-0.4, -0.2) is 82.3 Å².